The molecule has 0 bridgehead atoms. The number of carboxylic acids is 1. The smallest absolute Gasteiger partial charge is 0.331 e. The van der Waals surface area contributed by atoms with Gasteiger partial charge in [-0.25, -0.2) is 4.79 Å². The molecular weight excluding hydrogens is 248 g/mol. The molecule has 0 heterocycles. The van der Waals surface area contributed by atoms with Gasteiger partial charge in [-0.05, 0) is 55.2 Å². The number of benzene rings is 1. The van der Waals surface area contributed by atoms with Gasteiger partial charge in [0.1, 0.15) is 0 Å². The number of carboxylic acid groups (broad SMARTS) is 1. The molecule has 0 unspecified atom stereocenters. The summed E-state index contributed by atoms with van der Waals surface area (Å²) in [5.74, 6) is -0.256. The van der Waals surface area contributed by atoms with Crippen LogP contribution >= 0.6 is 0 Å². The summed E-state index contributed by atoms with van der Waals surface area (Å²) in [5.41, 5.74) is 5.61. The number of allylic oxidation sites excluding steroid dienone is 1. The van der Waals surface area contributed by atoms with Crippen molar-refractivity contribution in [1.82, 2.24) is 0 Å². The van der Waals surface area contributed by atoms with Crippen LogP contribution in [0.3, 0.4) is 0 Å². The van der Waals surface area contributed by atoms with E-state index in [-0.39, 0.29) is 0 Å². The molecule has 1 saturated carbocycles. The third kappa shape index (κ3) is 2.39. The molecule has 0 spiro atoms. The maximum Gasteiger partial charge on any atom is 0.331 e. The highest BCUT2D eigenvalue weighted by molar-refractivity contribution is 5.98. The quantitative estimate of drug-likeness (QED) is 0.867. The Labute approximate surface area is 120 Å². The van der Waals surface area contributed by atoms with Crippen LogP contribution in [-0.4, -0.2) is 11.1 Å². The van der Waals surface area contributed by atoms with E-state index in [1.165, 1.54) is 36.0 Å². The standard InChI is InChI=1S/C18H22O2/c1-12-7-8-13-9-10-15(18(19)20)17(16(13)11-12)14-5-3-2-4-6-14/h7-8,11,14H,2-6,9-10H2,1H3,(H,19,20). The van der Waals surface area contributed by atoms with Crippen molar-refractivity contribution in [3.63, 3.8) is 0 Å². The minimum absolute atomic E-state index is 0.454. The average Bonchev–Trinajstić information content (AvgIpc) is 2.46. The van der Waals surface area contributed by atoms with Gasteiger partial charge >= 0.3 is 5.97 Å². The van der Waals surface area contributed by atoms with Crippen LogP contribution in [0.25, 0.3) is 5.57 Å². The lowest BCUT2D eigenvalue weighted by atomic mass is 9.74. The van der Waals surface area contributed by atoms with E-state index in [1.807, 2.05) is 0 Å². The van der Waals surface area contributed by atoms with Crippen molar-refractivity contribution in [1.29, 1.82) is 0 Å². The summed E-state index contributed by atoms with van der Waals surface area (Å²) in [6.07, 6.45) is 7.64. The first-order chi connectivity index (χ1) is 9.66. The molecule has 3 rings (SSSR count). The van der Waals surface area contributed by atoms with Gasteiger partial charge in [0.05, 0.1) is 0 Å². The molecule has 0 amide bonds. The summed E-state index contributed by atoms with van der Waals surface area (Å²) in [6, 6.07) is 6.52. The molecule has 2 aliphatic carbocycles. The molecule has 0 saturated heterocycles. The Hall–Kier alpha value is -1.57. The first-order valence-corrected chi connectivity index (χ1v) is 7.73. The Bertz CT molecular complexity index is 563. The number of aryl methyl sites for hydroxylation is 2. The number of rotatable bonds is 2. The van der Waals surface area contributed by atoms with Crippen LogP contribution in [0.2, 0.25) is 0 Å². The molecule has 2 aliphatic rings. The number of carbonyl (C=O) groups is 1. The average molecular weight is 270 g/mol. The molecule has 1 fully saturated rings. The fraction of sp³-hybridized carbons (Fsp3) is 0.500. The minimum atomic E-state index is -0.710. The molecule has 1 aromatic carbocycles. The molecule has 2 nitrogen and oxygen atoms in total. The minimum Gasteiger partial charge on any atom is -0.478 e. The van der Waals surface area contributed by atoms with E-state index in [9.17, 15) is 9.90 Å². The molecule has 0 atom stereocenters. The van der Waals surface area contributed by atoms with Crippen LogP contribution in [0.15, 0.2) is 23.8 Å². The summed E-state index contributed by atoms with van der Waals surface area (Å²) < 4.78 is 0. The first-order valence-electron chi connectivity index (χ1n) is 7.73. The molecule has 1 aromatic rings. The van der Waals surface area contributed by atoms with Gasteiger partial charge in [-0.1, -0.05) is 43.0 Å². The van der Waals surface area contributed by atoms with E-state index in [0.717, 1.165) is 24.8 Å². The lowest BCUT2D eigenvalue weighted by Gasteiger charge is -2.31. The summed E-state index contributed by atoms with van der Waals surface area (Å²) in [6.45, 7) is 2.09. The zero-order chi connectivity index (χ0) is 14.1. The maximum atomic E-state index is 11.6. The SMILES string of the molecule is Cc1ccc2c(c1)C(C1CCCCC1)=C(C(=O)O)CC2. The van der Waals surface area contributed by atoms with E-state index in [2.05, 4.69) is 25.1 Å². The van der Waals surface area contributed by atoms with Gasteiger partial charge in [0, 0.05) is 5.57 Å². The van der Waals surface area contributed by atoms with Crippen molar-refractivity contribution < 1.29 is 9.90 Å². The molecule has 1 N–H and O–H groups in total. The Kier molecular flexibility index (Phi) is 3.64. The molecular formula is C18H22O2. The van der Waals surface area contributed by atoms with E-state index in [1.54, 1.807) is 0 Å². The first kappa shape index (κ1) is 13.4. The van der Waals surface area contributed by atoms with Gasteiger partial charge in [0.15, 0.2) is 0 Å². The third-order valence-corrected chi connectivity index (χ3v) is 4.80. The second kappa shape index (κ2) is 5.43. The van der Waals surface area contributed by atoms with Gasteiger partial charge in [-0.3, -0.25) is 0 Å². The molecule has 2 heteroatoms. The Morgan fingerprint density at radius 2 is 1.90 bits per heavy atom. The van der Waals surface area contributed by atoms with Crippen LogP contribution in [0, 0.1) is 12.8 Å². The highest BCUT2D eigenvalue weighted by Gasteiger charge is 2.29. The van der Waals surface area contributed by atoms with Gasteiger partial charge < -0.3 is 5.11 Å². The summed E-state index contributed by atoms with van der Waals surface area (Å²) >= 11 is 0. The zero-order valence-electron chi connectivity index (χ0n) is 12.1. The largest absolute Gasteiger partial charge is 0.478 e. The number of aliphatic carboxylic acids is 1. The van der Waals surface area contributed by atoms with Gasteiger partial charge in [0.25, 0.3) is 0 Å². The number of hydrogen-bond donors (Lipinski definition) is 1. The number of fused-ring (bicyclic) bond motifs is 1. The highest BCUT2D eigenvalue weighted by atomic mass is 16.4. The summed E-state index contributed by atoms with van der Waals surface area (Å²) in [7, 11) is 0. The van der Waals surface area contributed by atoms with Crippen LogP contribution in [0.1, 0.15) is 55.2 Å². The third-order valence-electron chi connectivity index (χ3n) is 4.80. The molecule has 0 aliphatic heterocycles. The Morgan fingerprint density at radius 1 is 1.15 bits per heavy atom. The van der Waals surface area contributed by atoms with Crippen molar-refractivity contribution in [3.05, 3.63) is 40.5 Å². The maximum absolute atomic E-state index is 11.6. The number of hydrogen-bond acceptors (Lipinski definition) is 1. The molecule has 106 valence electrons. The van der Waals surface area contributed by atoms with Gasteiger partial charge in [-0.2, -0.15) is 0 Å². The van der Waals surface area contributed by atoms with E-state index >= 15 is 0 Å². The predicted octanol–water partition coefficient (Wildman–Crippen LogP) is 4.36. The normalized spacial score (nSPS) is 19.9. The van der Waals surface area contributed by atoms with Crippen LogP contribution < -0.4 is 0 Å². The van der Waals surface area contributed by atoms with Gasteiger partial charge in [-0.15, -0.1) is 0 Å². The lowest BCUT2D eigenvalue weighted by Crippen LogP contribution is -2.19. The van der Waals surface area contributed by atoms with Crippen molar-refractivity contribution in [3.8, 4) is 0 Å². The van der Waals surface area contributed by atoms with Crippen LogP contribution in [0.5, 0.6) is 0 Å². The van der Waals surface area contributed by atoms with Crippen molar-refractivity contribution in [2.75, 3.05) is 0 Å². The molecule has 0 radical (unpaired) electrons. The molecule has 0 aromatic heterocycles. The Morgan fingerprint density at radius 3 is 2.60 bits per heavy atom. The second-order valence-corrected chi connectivity index (χ2v) is 6.19. The fourth-order valence-electron chi connectivity index (χ4n) is 3.80. The van der Waals surface area contributed by atoms with Crippen molar-refractivity contribution in [2.45, 2.75) is 51.9 Å². The van der Waals surface area contributed by atoms with Crippen molar-refractivity contribution in [2.24, 2.45) is 5.92 Å². The van der Waals surface area contributed by atoms with Gasteiger partial charge in [0.2, 0.25) is 0 Å². The predicted molar refractivity (Wildman–Crippen MR) is 80.6 cm³/mol. The highest BCUT2D eigenvalue weighted by Crippen LogP contribution is 2.42. The van der Waals surface area contributed by atoms with E-state index < -0.39 is 5.97 Å². The van der Waals surface area contributed by atoms with E-state index in [4.69, 9.17) is 0 Å². The summed E-state index contributed by atoms with van der Waals surface area (Å²) in [4.78, 5) is 11.6. The van der Waals surface area contributed by atoms with E-state index in [0.29, 0.717) is 17.9 Å². The lowest BCUT2D eigenvalue weighted by molar-refractivity contribution is -0.132. The van der Waals surface area contributed by atoms with Crippen LogP contribution in [-0.2, 0) is 11.2 Å². The fourth-order valence-corrected chi connectivity index (χ4v) is 3.80. The second-order valence-electron chi connectivity index (χ2n) is 6.19. The Balaban J connectivity index is 2.12. The molecule has 20 heavy (non-hydrogen) atoms. The zero-order valence-corrected chi connectivity index (χ0v) is 12.1. The van der Waals surface area contributed by atoms with Crippen molar-refractivity contribution >= 4 is 11.5 Å². The topological polar surface area (TPSA) is 37.3 Å². The summed E-state index contributed by atoms with van der Waals surface area (Å²) in [5, 5.41) is 9.58. The van der Waals surface area contributed by atoms with Crippen LogP contribution in [0.4, 0.5) is 0 Å². The monoisotopic (exact) mass is 270 g/mol.